The highest BCUT2D eigenvalue weighted by Crippen LogP contribution is 2.41. The van der Waals surface area contributed by atoms with Crippen molar-refractivity contribution in [1.29, 1.82) is 0 Å². The van der Waals surface area contributed by atoms with Gasteiger partial charge in [0.2, 0.25) is 4.62 Å². The standard InChI is InChI=1S/C15H10BBr2F2N3/c1-9-6-10(8-21-7-9)15-11-2-4-13(17)22(11)16(19,20)23-12(15)3-5-14(23)18/h2-8H,1H3. The number of fused-ring (bicyclic) bond motifs is 2. The third-order valence-corrected chi connectivity index (χ3v) is 5.33. The van der Waals surface area contributed by atoms with Gasteiger partial charge in [0, 0.05) is 51.7 Å². The Bertz CT molecular complexity index is 944. The topological polar surface area (TPSA) is 20.8 Å². The summed E-state index contributed by atoms with van der Waals surface area (Å²) in [5.41, 5.74) is 3.49. The van der Waals surface area contributed by atoms with Crippen LogP contribution < -0.4 is 0 Å². The van der Waals surface area contributed by atoms with E-state index in [0.29, 0.717) is 20.6 Å². The summed E-state index contributed by atoms with van der Waals surface area (Å²) >= 11 is 6.50. The molecule has 0 N–H and O–H groups in total. The summed E-state index contributed by atoms with van der Waals surface area (Å²) in [6.45, 7) is -2.04. The zero-order valence-corrected chi connectivity index (χ0v) is 15.1. The molecule has 0 fully saturated rings. The van der Waals surface area contributed by atoms with E-state index in [1.165, 1.54) is 0 Å². The van der Waals surface area contributed by atoms with Crippen molar-refractivity contribution in [2.24, 2.45) is 0 Å². The minimum Gasteiger partial charge on any atom is -0.389 e. The number of aromatic nitrogens is 2. The minimum atomic E-state index is -3.97. The van der Waals surface area contributed by atoms with Crippen LogP contribution in [-0.2, 0) is 0 Å². The number of allylic oxidation sites excluding steroid dienone is 2. The van der Waals surface area contributed by atoms with Crippen LogP contribution in [0.2, 0.25) is 0 Å². The molecule has 0 aliphatic carbocycles. The first-order valence-electron chi connectivity index (χ1n) is 6.97. The van der Waals surface area contributed by atoms with Gasteiger partial charge in [-0.05, 0) is 46.6 Å². The first-order valence-corrected chi connectivity index (χ1v) is 8.55. The van der Waals surface area contributed by atoms with Gasteiger partial charge in [0.05, 0.1) is 10.2 Å². The average molecular weight is 441 g/mol. The van der Waals surface area contributed by atoms with Gasteiger partial charge in [0.15, 0.2) is 5.70 Å². The molecule has 2 aromatic rings. The van der Waals surface area contributed by atoms with Crippen molar-refractivity contribution in [3.63, 3.8) is 0 Å². The molecule has 2 aliphatic rings. The largest absolute Gasteiger partial charge is 0.738 e. The van der Waals surface area contributed by atoms with Crippen molar-refractivity contribution < 1.29 is 13.1 Å². The number of halogens is 4. The summed E-state index contributed by atoms with van der Waals surface area (Å²) in [6.07, 6.45) is 6.81. The summed E-state index contributed by atoms with van der Waals surface area (Å²) in [4.78, 5) is 4.21. The SMILES string of the molecule is Cc1cncc(C2=C3C=CC(Br)=[N+]3[B-](F)(F)n3c(Br)ccc32)c1. The molecule has 2 aromatic heterocycles. The Kier molecular flexibility index (Phi) is 3.25. The van der Waals surface area contributed by atoms with E-state index in [9.17, 15) is 0 Å². The first-order chi connectivity index (χ1) is 10.9. The molecule has 0 spiro atoms. The molecule has 0 radical (unpaired) electrons. The normalized spacial score (nSPS) is 18.5. The van der Waals surface area contributed by atoms with Gasteiger partial charge in [-0.1, -0.05) is 0 Å². The van der Waals surface area contributed by atoms with Crippen LogP contribution in [0, 0.1) is 6.92 Å². The molecular weight excluding hydrogens is 431 g/mol. The molecule has 0 amide bonds. The fourth-order valence-corrected chi connectivity index (χ4v) is 4.26. The van der Waals surface area contributed by atoms with Crippen molar-refractivity contribution >= 4 is 49.0 Å². The Morgan fingerprint density at radius 3 is 2.70 bits per heavy atom. The second-order valence-electron chi connectivity index (χ2n) is 5.54. The van der Waals surface area contributed by atoms with Gasteiger partial charge in [0.1, 0.15) is 0 Å². The minimum absolute atomic E-state index is 0.349. The molecule has 0 atom stereocenters. The van der Waals surface area contributed by atoms with Crippen LogP contribution >= 0.6 is 31.9 Å². The van der Waals surface area contributed by atoms with Crippen LogP contribution in [0.4, 0.5) is 8.63 Å². The lowest BCUT2D eigenvalue weighted by atomic mass is 9.87. The number of rotatable bonds is 1. The van der Waals surface area contributed by atoms with Crippen LogP contribution in [-0.4, -0.2) is 25.5 Å². The molecule has 116 valence electrons. The Balaban J connectivity index is 2.12. The van der Waals surface area contributed by atoms with E-state index in [1.807, 2.05) is 13.0 Å². The van der Waals surface area contributed by atoms with Crippen LogP contribution in [0.25, 0.3) is 5.57 Å². The predicted molar refractivity (Wildman–Crippen MR) is 93.8 cm³/mol. The molecule has 4 heterocycles. The highest BCUT2D eigenvalue weighted by atomic mass is 79.9. The summed E-state index contributed by atoms with van der Waals surface area (Å²) in [7, 11) is 0. The molecule has 8 heteroatoms. The van der Waals surface area contributed by atoms with Gasteiger partial charge in [0.25, 0.3) is 0 Å². The predicted octanol–water partition coefficient (Wildman–Crippen LogP) is 4.33. The van der Waals surface area contributed by atoms with E-state index >= 15 is 8.63 Å². The van der Waals surface area contributed by atoms with Crippen molar-refractivity contribution in [2.75, 3.05) is 0 Å². The second kappa shape index (κ2) is 4.98. The Morgan fingerprint density at radius 1 is 1.17 bits per heavy atom. The van der Waals surface area contributed by atoms with E-state index in [1.54, 1.807) is 36.7 Å². The molecular formula is C15H10BBr2F2N3. The Morgan fingerprint density at radius 2 is 1.96 bits per heavy atom. The molecule has 3 nitrogen and oxygen atoms in total. The average Bonchev–Trinajstić information content (AvgIpc) is 3.05. The lowest BCUT2D eigenvalue weighted by molar-refractivity contribution is -0.358. The molecule has 0 aromatic carbocycles. The third kappa shape index (κ3) is 2.04. The number of pyridine rings is 1. The van der Waals surface area contributed by atoms with Crippen molar-refractivity contribution in [2.45, 2.75) is 6.92 Å². The van der Waals surface area contributed by atoms with Gasteiger partial charge in [-0.25, -0.2) is 0 Å². The van der Waals surface area contributed by atoms with Crippen LogP contribution in [0.5, 0.6) is 0 Å². The quantitative estimate of drug-likeness (QED) is 0.605. The Labute approximate surface area is 148 Å². The summed E-state index contributed by atoms with van der Waals surface area (Å²) in [5, 5.41) is 0. The number of nitrogens with zero attached hydrogens (tertiary/aromatic N) is 3. The fraction of sp³-hybridized carbons (Fsp3) is 0.0667. The molecule has 23 heavy (non-hydrogen) atoms. The van der Waals surface area contributed by atoms with E-state index in [-0.39, 0.29) is 0 Å². The summed E-state index contributed by atoms with van der Waals surface area (Å²) in [6, 6.07) is 5.31. The number of aryl methyl sites for hydroxylation is 1. The lowest BCUT2D eigenvalue weighted by Crippen LogP contribution is -2.50. The van der Waals surface area contributed by atoms with E-state index in [0.717, 1.165) is 25.7 Å². The highest BCUT2D eigenvalue weighted by Gasteiger charge is 2.54. The molecule has 0 saturated carbocycles. The van der Waals surface area contributed by atoms with Crippen LogP contribution in [0.15, 0.2) is 53.0 Å². The molecule has 0 unspecified atom stereocenters. The maximum absolute atomic E-state index is 15.0. The highest BCUT2D eigenvalue weighted by molar-refractivity contribution is 9.18. The maximum Gasteiger partial charge on any atom is 0.738 e. The molecule has 4 rings (SSSR count). The molecule has 0 bridgehead atoms. The van der Waals surface area contributed by atoms with Crippen LogP contribution in [0.3, 0.4) is 0 Å². The number of hydrogen-bond donors (Lipinski definition) is 0. The van der Waals surface area contributed by atoms with Crippen molar-refractivity contribution in [3.05, 3.63) is 69.9 Å². The second-order valence-corrected chi connectivity index (χ2v) is 7.16. The van der Waals surface area contributed by atoms with Crippen molar-refractivity contribution in [1.82, 2.24) is 9.46 Å². The van der Waals surface area contributed by atoms with Gasteiger partial charge in [-0.3, -0.25) is 4.98 Å². The van der Waals surface area contributed by atoms with Gasteiger partial charge < -0.3 is 17.6 Å². The lowest BCUT2D eigenvalue weighted by Gasteiger charge is -2.32. The number of hydrogen-bond acceptors (Lipinski definition) is 1. The van der Waals surface area contributed by atoms with Crippen molar-refractivity contribution in [3.8, 4) is 0 Å². The first kappa shape index (κ1) is 15.0. The Hall–Kier alpha value is -1.54. The summed E-state index contributed by atoms with van der Waals surface area (Å²) < 4.78 is 32.9. The molecule has 0 saturated heterocycles. The summed E-state index contributed by atoms with van der Waals surface area (Å²) in [5.74, 6) is 0. The van der Waals surface area contributed by atoms with E-state index in [4.69, 9.17) is 0 Å². The monoisotopic (exact) mass is 439 g/mol. The van der Waals surface area contributed by atoms with Gasteiger partial charge >= 0.3 is 6.97 Å². The molecule has 2 aliphatic heterocycles. The van der Waals surface area contributed by atoms with Crippen LogP contribution in [0.1, 0.15) is 16.8 Å². The van der Waals surface area contributed by atoms with E-state index < -0.39 is 6.97 Å². The van der Waals surface area contributed by atoms with Gasteiger partial charge in [-0.15, -0.1) is 0 Å². The zero-order chi connectivity index (χ0) is 16.4. The smallest absolute Gasteiger partial charge is 0.389 e. The van der Waals surface area contributed by atoms with Gasteiger partial charge in [-0.2, -0.15) is 0 Å². The fourth-order valence-electron chi connectivity index (χ4n) is 3.12. The van der Waals surface area contributed by atoms with E-state index in [2.05, 4.69) is 36.8 Å². The zero-order valence-electron chi connectivity index (χ0n) is 12.0. The third-order valence-electron chi connectivity index (χ3n) is 4.03. The maximum atomic E-state index is 15.0.